The van der Waals surface area contributed by atoms with E-state index >= 15 is 0 Å². The lowest BCUT2D eigenvalue weighted by molar-refractivity contribution is 0.243. The minimum atomic E-state index is -0.223. The predicted octanol–water partition coefficient (Wildman–Crippen LogP) is 0.695. The van der Waals surface area contributed by atoms with Gasteiger partial charge < -0.3 is 9.52 Å². The van der Waals surface area contributed by atoms with E-state index in [0.29, 0.717) is 17.7 Å². The van der Waals surface area contributed by atoms with Crippen molar-refractivity contribution in [2.24, 2.45) is 0 Å². The molecule has 1 heterocycles. The van der Waals surface area contributed by atoms with E-state index in [1.165, 1.54) is 12.3 Å². The molecule has 0 aliphatic rings. The highest BCUT2D eigenvalue weighted by atomic mass is 16.4. The Morgan fingerprint density at radius 3 is 2.82 bits per heavy atom. The van der Waals surface area contributed by atoms with Crippen molar-refractivity contribution in [2.75, 3.05) is 0 Å². The van der Waals surface area contributed by atoms with Crippen molar-refractivity contribution in [1.29, 1.82) is 0 Å². The predicted molar refractivity (Wildman–Crippen MR) is 40.3 cm³/mol. The molecule has 1 aromatic heterocycles. The smallest absolute Gasteiger partial charge is 0.188 e. The molecule has 0 saturated heterocycles. The summed E-state index contributed by atoms with van der Waals surface area (Å²) < 4.78 is 4.93. The molecule has 3 nitrogen and oxygen atoms in total. The van der Waals surface area contributed by atoms with Gasteiger partial charge in [0, 0.05) is 11.6 Å². The van der Waals surface area contributed by atoms with Gasteiger partial charge in [-0.05, 0) is 6.42 Å². The van der Waals surface area contributed by atoms with E-state index in [4.69, 9.17) is 9.52 Å². The summed E-state index contributed by atoms with van der Waals surface area (Å²) in [7, 11) is 0. The number of aliphatic hydroxyl groups excluding tert-OH is 1. The molecule has 0 spiro atoms. The third-order valence-corrected chi connectivity index (χ3v) is 1.50. The first-order chi connectivity index (χ1) is 5.27. The van der Waals surface area contributed by atoms with E-state index in [0.717, 1.165) is 0 Å². The molecule has 0 fully saturated rings. The van der Waals surface area contributed by atoms with Crippen LogP contribution >= 0.6 is 0 Å². The van der Waals surface area contributed by atoms with Crippen molar-refractivity contribution in [1.82, 2.24) is 0 Å². The molecule has 60 valence electrons. The Balaban J connectivity index is 3.10. The summed E-state index contributed by atoms with van der Waals surface area (Å²) in [6, 6.07) is 1.32. The van der Waals surface area contributed by atoms with Crippen LogP contribution in [0.4, 0.5) is 0 Å². The summed E-state index contributed by atoms with van der Waals surface area (Å²) in [6.45, 7) is 1.66. The maximum absolute atomic E-state index is 11.1. The molecule has 0 amide bonds. The maximum atomic E-state index is 11.1. The van der Waals surface area contributed by atoms with Gasteiger partial charge >= 0.3 is 0 Å². The Bertz CT molecular complexity index is 288. The van der Waals surface area contributed by atoms with Crippen molar-refractivity contribution < 1.29 is 9.52 Å². The molecule has 0 unspecified atom stereocenters. The van der Waals surface area contributed by atoms with E-state index in [9.17, 15) is 4.79 Å². The fourth-order valence-electron chi connectivity index (χ4n) is 0.818. The van der Waals surface area contributed by atoms with Crippen molar-refractivity contribution in [3.05, 3.63) is 33.9 Å². The van der Waals surface area contributed by atoms with Gasteiger partial charge in [-0.25, -0.2) is 0 Å². The standard InChI is InChI=1S/C8H10O3/c1-2-6-5-11-7(4-9)3-8(6)10/h3,5,9H,2,4H2,1H3. The van der Waals surface area contributed by atoms with E-state index in [-0.39, 0.29) is 12.0 Å². The van der Waals surface area contributed by atoms with Crippen LogP contribution in [0.25, 0.3) is 0 Å². The molecule has 0 atom stereocenters. The van der Waals surface area contributed by atoms with Gasteiger partial charge in [-0.2, -0.15) is 0 Å². The van der Waals surface area contributed by atoms with Crippen molar-refractivity contribution >= 4 is 0 Å². The van der Waals surface area contributed by atoms with Gasteiger partial charge in [0.15, 0.2) is 5.43 Å². The van der Waals surface area contributed by atoms with Crippen LogP contribution in [0.2, 0.25) is 0 Å². The quantitative estimate of drug-likeness (QED) is 0.682. The summed E-state index contributed by atoms with van der Waals surface area (Å²) in [5, 5.41) is 8.59. The van der Waals surface area contributed by atoms with E-state index in [2.05, 4.69) is 0 Å². The zero-order valence-electron chi connectivity index (χ0n) is 6.33. The van der Waals surface area contributed by atoms with Gasteiger partial charge in [-0.3, -0.25) is 4.79 Å². The van der Waals surface area contributed by atoms with Crippen LogP contribution in [-0.4, -0.2) is 5.11 Å². The van der Waals surface area contributed by atoms with Crippen LogP contribution < -0.4 is 5.43 Å². The molecule has 0 radical (unpaired) electrons. The molecule has 0 bridgehead atoms. The van der Waals surface area contributed by atoms with Gasteiger partial charge in [0.05, 0.1) is 6.26 Å². The summed E-state index contributed by atoms with van der Waals surface area (Å²) in [6.07, 6.45) is 2.06. The number of hydrogen-bond donors (Lipinski definition) is 1. The highest BCUT2D eigenvalue weighted by Crippen LogP contribution is 1.98. The molecule has 0 saturated carbocycles. The van der Waals surface area contributed by atoms with Crippen LogP contribution in [-0.2, 0) is 13.0 Å². The number of hydrogen-bond acceptors (Lipinski definition) is 3. The average Bonchev–Trinajstić information content (AvgIpc) is 2.04. The van der Waals surface area contributed by atoms with Crippen LogP contribution in [0, 0.1) is 0 Å². The second-order valence-electron chi connectivity index (χ2n) is 2.25. The molecular formula is C8H10O3. The van der Waals surface area contributed by atoms with Crippen molar-refractivity contribution in [2.45, 2.75) is 20.0 Å². The van der Waals surface area contributed by atoms with Crippen LogP contribution in [0.3, 0.4) is 0 Å². The molecule has 1 rings (SSSR count). The minimum absolute atomic E-state index is 0.0669. The Labute approximate surface area is 64.3 Å². The van der Waals surface area contributed by atoms with Gasteiger partial charge in [0.2, 0.25) is 0 Å². The van der Waals surface area contributed by atoms with Crippen LogP contribution in [0.1, 0.15) is 18.2 Å². The second kappa shape index (κ2) is 3.34. The third-order valence-electron chi connectivity index (χ3n) is 1.50. The van der Waals surface area contributed by atoms with Gasteiger partial charge in [0.25, 0.3) is 0 Å². The normalized spacial score (nSPS) is 10.0. The van der Waals surface area contributed by atoms with Crippen molar-refractivity contribution in [3.63, 3.8) is 0 Å². The first kappa shape index (κ1) is 8.01. The zero-order valence-corrected chi connectivity index (χ0v) is 6.33. The Morgan fingerprint density at radius 2 is 2.36 bits per heavy atom. The molecule has 1 aromatic rings. The van der Waals surface area contributed by atoms with Gasteiger partial charge in [-0.15, -0.1) is 0 Å². The first-order valence-corrected chi connectivity index (χ1v) is 3.49. The average molecular weight is 154 g/mol. The summed E-state index contributed by atoms with van der Waals surface area (Å²) in [5.74, 6) is 0.312. The number of aryl methyl sites for hydroxylation is 1. The molecular weight excluding hydrogens is 144 g/mol. The molecule has 11 heavy (non-hydrogen) atoms. The van der Waals surface area contributed by atoms with Gasteiger partial charge in [0.1, 0.15) is 12.4 Å². The molecule has 0 aromatic carbocycles. The monoisotopic (exact) mass is 154 g/mol. The third kappa shape index (κ3) is 1.68. The van der Waals surface area contributed by atoms with Crippen molar-refractivity contribution in [3.8, 4) is 0 Å². The van der Waals surface area contributed by atoms with Gasteiger partial charge in [-0.1, -0.05) is 6.92 Å². The molecule has 3 heteroatoms. The Kier molecular flexibility index (Phi) is 2.44. The topological polar surface area (TPSA) is 50.4 Å². The van der Waals surface area contributed by atoms with Crippen LogP contribution in [0.5, 0.6) is 0 Å². The lowest BCUT2D eigenvalue weighted by Gasteiger charge is -1.95. The van der Waals surface area contributed by atoms with Crippen LogP contribution in [0.15, 0.2) is 21.5 Å². The molecule has 0 aliphatic heterocycles. The summed E-state index contributed by atoms with van der Waals surface area (Å²) in [5.41, 5.74) is 0.574. The highest BCUT2D eigenvalue weighted by Gasteiger charge is 1.99. The molecule has 1 N–H and O–H groups in total. The lowest BCUT2D eigenvalue weighted by Crippen LogP contribution is -2.06. The first-order valence-electron chi connectivity index (χ1n) is 3.49. The number of rotatable bonds is 2. The second-order valence-corrected chi connectivity index (χ2v) is 2.25. The fourth-order valence-corrected chi connectivity index (χ4v) is 0.818. The lowest BCUT2D eigenvalue weighted by atomic mass is 10.2. The fraction of sp³-hybridized carbons (Fsp3) is 0.375. The SMILES string of the molecule is CCc1coc(CO)cc1=O. The Morgan fingerprint density at radius 1 is 1.64 bits per heavy atom. The highest BCUT2D eigenvalue weighted by molar-refractivity contribution is 5.10. The minimum Gasteiger partial charge on any atom is -0.466 e. The Hall–Kier alpha value is -1.09. The largest absolute Gasteiger partial charge is 0.466 e. The van der Waals surface area contributed by atoms with E-state index < -0.39 is 0 Å². The number of aliphatic hydroxyl groups is 1. The van der Waals surface area contributed by atoms with E-state index in [1.54, 1.807) is 0 Å². The van der Waals surface area contributed by atoms with E-state index in [1.807, 2.05) is 6.92 Å². The summed E-state index contributed by atoms with van der Waals surface area (Å²) in [4.78, 5) is 11.1. The molecule has 0 aliphatic carbocycles. The summed E-state index contributed by atoms with van der Waals surface area (Å²) >= 11 is 0. The maximum Gasteiger partial charge on any atom is 0.188 e. The zero-order chi connectivity index (χ0) is 8.27.